The highest BCUT2D eigenvalue weighted by Gasteiger charge is 2.51. The van der Waals surface area contributed by atoms with Gasteiger partial charge in [-0.2, -0.15) is 0 Å². The first-order valence-corrected chi connectivity index (χ1v) is 9.82. The van der Waals surface area contributed by atoms with Crippen LogP contribution in [0.25, 0.3) is 10.9 Å². The summed E-state index contributed by atoms with van der Waals surface area (Å²) in [5, 5.41) is 1.33. The number of carbonyl (C=O) groups is 1. The fraction of sp³-hybridized carbons (Fsp3) is 0.500. The number of hydrogen-bond donors (Lipinski definition) is 1. The molecule has 5 rings (SSSR count). The standard InChI is InChI=1S/C22H26N2O3/c1-24-12-14(13-27-17-7-6-16(25)9-17)10-22(26-2)18-4-3-5-19-21(18)15(11-23-19)8-20(22)24/h3-5,9,11,14,20,23H,6-8,10,12-13H2,1-2H3/t14?,20-,22?/m1/s1. The number of ether oxygens (including phenoxy) is 2. The molecule has 0 radical (unpaired) electrons. The topological polar surface area (TPSA) is 54.6 Å². The number of likely N-dealkylation sites (tertiary alicyclic amines) is 1. The number of carbonyl (C=O) groups excluding carboxylic acids is 1. The summed E-state index contributed by atoms with van der Waals surface area (Å²) >= 11 is 0. The summed E-state index contributed by atoms with van der Waals surface area (Å²) in [7, 11) is 4.04. The fourth-order valence-corrected chi connectivity index (χ4v) is 5.46. The molecule has 3 aliphatic rings. The first-order valence-electron chi connectivity index (χ1n) is 9.82. The predicted molar refractivity (Wildman–Crippen MR) is 103 cm³/mol. The smallest absolute Gasteiger partial charge is 0.159 e. The van der Waals surface area contributed by atoms with E-state index in [9.17, 15) is 4.79 Å². The molecule has 142 valence electrons. The number of ketones is 1. The van der Waals surface area contributed by atoms with Gasteiger partial charge in [0.1, 0.15) is 5.60 Å². The van der Waals surface area contributed by atoms with Gasteiger partial charge in [0.25, 0.3) is 0 Å². The Morgan fingerprint density at radius 1 is 1.33 bits per heavy atom. The molecule has 2 unspecified atom stereocenters. The number of nitrogens with one attached hydrogen (secondary N) is 1. The first-order chi connectivity index (χ1) is 13.1. The van der Waals surface area contributed by atoms with Crippen molar-refractivity contribution in [2.45, 2.75) is 37.3 Å². The van der Waals surface area contributed by atoms with Crippen molar-refractivity contribution in [1.82, 2.24) is 9.88 Å². The lowest BCUT2D eigenvalue weighted by molar-refractivity contribution is -0.131. The third-order valence-electron chi connectivity index (χ3n) is 6.67. The second-order valence-corrected chi connectivity index (χ2v) is 8.25. The molecule has 0 saturated carbocycles. The second kappa shape index (κ2) is 6.21. The van der Waals surface area contributed by atoms with E-state index in [1.807, 2.05) is 7.11 Å². The summed E-state index contributed by atoms with van der Waals surface area (Å²) in [6, 6.07) is 6.81. The monoisotopic (exact) mass is 366 g/mol. The average Bonchev–Trinajstić information content (AvgIpc) is 3.28. The number of hydrogen-bond acceptors (Lipinski definition) is 4. The van der Waals surface area contributed by atoms with E-state index in [2.05, 4.69) is 41.3 Å². The summed E-state index contributed by atoms with van der Waals surface area (Å²) in [5.74, 6) is 1.38. The first kappa shape index (κ1) is 17.0. The number of benzene rings is 1. The van der Waals surface area contributed by atoms with E-state index < -0.39 is 0 Å². The zero-order valence-electron chi connectivity index (χ0n) is 16.0. The Balaban J connectivity index is 1.47. The van der Waals surface area contributed by atoms with E-state index in [1.165, 1.54) is 22.0 Å². The van der Waals surface area contributed by atoms with Gasteiger partial charge >= 0.3 is 0 Å². The van der Waals surface area contributed by atoms with Gasteiger partial charge < -0.3 is 14.5 Å². The van der Waals surface area contributed by atoms with Crippen molar-refractivity contribution in [3.63, 3.8) is 0 Å². The molecule has 0 spiro atoms. The second-order valence-electron chi connectivity index (χ2n) is 8.25. The lowest BCUT2D eigenvalue weighted by Gasteiger charge is -2.53. The molecule has 0 amide bonds. The molecule has 2 aliphatic carbocycles. The number of fused-ring (bicyclic) bond motifs is 2. The molecular formula is C22H26N2O3. The average molecular weight is 366 g/mol. The van der Waals surface area contributed by atoms with Crippen LogP contribution in [0.4, 0.5) is 0 Å². The highest BCUT2D eigenvalue weighted by molar-refractivity contribution is 5.92. The Kier molecular flexibility index (Phi) is 3.92. The summed E-state index contributed by atoms with van der Waals surface area (Å²) < 4.78 is 12.3. The lowest BCUT2D eigenvalue weighted by Crippen LogP contribution is -2.59. The molecule has 5 heteroatoms. The Morgan fingerprint density at radius 3 is 3.00 bits per heavy atom. The SMILES string of the molecule is COC12CC(COC3=CC(=O)CC3)CN(C)[C@@H]1Cc1c[nH]c3cccc2c13. The molecule has 1 aromatic carbocycles. The predicted octanol–water partition coefficient (Wildman–Crippen LogP) is 3.15. The zero-order chi connectivity index (χ0) is 18.6. The lowest BCUT2D eigenvalue weighted by atomic mass is 9.69. The van der Waals surface area contributed by atoms with Crippen LogP contribution in [0, 0.1) is 5.92 Å². The maximum atomic E-state index is 11.5. The van der Waals surface area contributed by atoms with Crippen molar-refractivity contribution in [2.75, 3.05) is 27.3 Å². The third-order valence-corrected chi connectivity index (χ3v) is 6.67. The number of piperidine rings is 1. The van der Waals surface area contributed by atoms with Crippen molar-refractivity contribution in [3.8, 4) is 0 Å². The van der Waals surface area contributed by atoms with E-state index in [4.69, 9.17) is 9.47 Å². The van der Waals surface area contributed by atoms with Crippen molar-refractivity contribution in [1.29, 1.82) is 0 Å². The quantitative estimate of drug-likeness (QED) is 0.903. The molecule has 5 nitrogen and oxygen atoms in total. The van der Waals surface area contributed by atoms with Crippen molar-refractivity contribution in [3.05, 3.63) is 47.4 Å². The molecule has 1 aromatic heterocycles. The Hall–Kier alpha value is -2.11. The highest BCUT2D eigenvalue weighted by atomic mass is 16.5. The van der Waals surface area contributed by atoms with Gasteiger partial charge in [0.05, 0.1) is 12.4 Å². The van der Waals surface area contributed by atoms with Crippen molar-refractivity contribution < 1.29 is 14.3 Å². The minimum absolute atomic E-state index is 0.179. The Labute approximate surface area is 159 Å². The molecule has 1 N–H and O–H groups in total. The summed E-state index contributed by atoms with van der Waals surface area (Å²) in [4.78, 5) is 17.3. The molecule has 3 atom stereocenters. The van der Waals surface area contributed by atoms with Crippen LogP contribution in [0.2, 0.25) is 0 Å². The maximum Gasteiger partial charge on any atom is 0.159 e. The van der Waals surface area contributed by atoms with Crippen LogP contribution < -0.4 is 0 Å². The fourth-order valence-electron chi connectivity index (χ4n) is 5.46. The van der Waals surface area contributed by atoms with Gasteiger partial charge in [-0.05, 0) is 37.1 Å². The molecule has 27 heavy (non-hydrogen) atoms. The number of allylic oxidation sites excluding steroid dienone is 2. The molecule has 2 aromatic rings. The molecule has 1 fully saturated rings. The number of rotatable bonds is 4. The number of aromatic nitrogens is 1. The molecule has 0 bridgehead atoms. The third kappa shape index (κ3) is 2.56. The van der Waals surface area contributed by atoms with Crippen molar-refractivity contribution >= 4 is 16.7 Å². The maximum absolute atomic E-state index is 11.5. The molecular weight excluding hydrogens is 340 g/mol. The van der Waals surface area contributed by atoms with Gasteiger partial charge in [-0.1, -0.05) is 12.1 Å². The summed E-state index contributed by atoms with van der Waals surface area (Å²) in [6.45, 7) is 1.62. The van der Waals surface area contributed by atoms with Crippen LogP contribution in [0.15, 0.2) is 36.2 Å². The van der Waals surface area contributed by atoms with Crippen LogP contribution >= 0.6 is 0 Å². The molecule has 1 saturated heterocycles. The number of methoxy groups -OCH3 is 1. The van der Waals surface area contributed by atoms with E-state index >= 15 is 0 Å². The van der Waals surface area contributed by atoms with Gasteiger partial charge in [-0.15, -0.1) is 0 Å². The van der Waals surface area contributed by atoms with Gasteiger partial charge in [0.15, 0.2) is 5.78 Å². The van der Waals surface area contributed by atoms with E-state index in [0.717, 1.165) is 31.6 Å². The Bertz CT molecular complexity index is 931. The highest BCUT2D eigenvalue weighted by Crippen LogP contribution is 2.49. The molecule has 1 aliphatic heterocycles. The van der Waals surface area contributed by atoms with Crippen molar-refractivity contribution in [2.24, 2.45) is 5.92 Å². The zero-order valence-corrected chi connectivity index (χ0v) is 16.0. The summed E-state index contributed by atoms with van der Waals surface area (Å²) in [6.07, 6.45) is 7.07. The van der Waals surface area contributed by atoms with Crippen LogP contribution in [-0.4, -0.2) is 49.0 Å². The van der Waals surface area contributed by atoms with Gasteiger partial charge in [0, 0.05) is 61.6 Å². The van der Waals surface area contributed by atoms with E-state index in [0.29, 0.717) is 25.0 Å². The van der Waals surface area contributed by atoms with Crippen LogP contribution in [0.1, 0.15) is 30.4 Å². The minimum atomic E-state index is -0.324. The van der Waals surface area contributed by atoms with Gasteiger partial charge in [0.2, 0.25) is 0 Å². The van der Waals surface area contributed by atoms with Crippen LogP contribution in [0.5, 0.6) is 0 Å². The van der Waals surface area contributed by atoms with E-state index in [-0.39, 0.29) is 11.4 Å². The number of likely N-dealkylation sites (N-methyl/N-ethyl adjacent to an activating group) is 1. The minimum Gasteiger partial charge on any atom is -0.497 e. The van der Waals surface area contributed by atoms with E-state index in [1.54, 1.807) is 6.08 Å². The number of nitrogens with zero attached hydrogens (tertiary/aromatic N) is 1. The molecule has 2 heterocycles. The number of H-pyrrole nitrogens is 1. The normalized spacial score (nSPS) is 30.4. The number of aromatic amines is 1. The summed E-state index contributed by atoms with van der Waals surface area (Å²) in [5.41, 5.74) is 3.54. The van der Waals surface area contributed by atoms with Crippen LogP contribution in [0.3, 0.4) is 0 Å². The largest absolute Gasteiger partial charge is 0.497 e. The Morgan fingerprint density at radius 2 is 2.22 bits per heavy atom. The van der Waals surface area contributed by atoms with Crippen LogP contribution in [-0.2, 0) is 26.3 Å². The van der Waals surface area contributed by atoms with Gasteiger partial charge in [-0.25, -0.2) is 0 Å². The van der Waals surface area contributed by atoms with Gasteiger partial charge in [-0.3, -0.25) is 9.69 Å².